The number of halogens is 2. The molecule has 0 aromatic heterocycles. The fraction of sp³-hybridized carbons (Fsp3) is 0.583. The third-order valence-corrected chi connectivity index (χ3v) is 3.33. The van der Waals surface area contributed by atoms with Crippen molar-refractivity contribution in [3.8, 4) is 0 Å². The Balaban J connectivity index is 2.70. The van der Waals surface area contributed by atoms with Crippen molar-refractivity contribution in [2.75, 3.05) is 0 Å². The van der Waals surface area contributed by atoms with E-state index in [2.05, 4.69) is 22.9 Å². The second-order valence-electron chi connectivity index (χ2n) is 3.73. The zero-order valence-electron chi connectivity index (χ0n) is 9.56. The number of unbranched alkanes of at least 4 members (excludes halogenated alkanes) is 2. The molecule has 1 atom stereocenters. The molecular formula is C12H16BrFO2. The quantitative estimate of drug-likeness (QED) is 0.565. The van der Waals surface area contributed by atoms with E-state index in [1.165, 1.54) is 0 Å². The van der Waals surface area contributed by atoms with Gasteiger partial charge in [0.25, 0.3) is 0 Å². The molecule has 90 valence electrons. The van der Waals surface area contributed by atoms with Gasteiger partial charge in [0.1, 0.15) is 11.9 Å². The summed E-state index contributed by atoms with van der Waals surface area (Å²) in [6.07, 6.45) is 3.61. The highest BCUT2D eigenvalue weighted by Crippen LogP contribution is 2.35. The van der Waals surface area contributed by atoms with E-state index in [9.17, 15) is 9.18 Å². The summed E-state index contributed by atoms with van der Waals surface area (Å²) in [6, 6.07) is 0. The lowest BCUT2D eigenvalue weighted by Gasteiger charge is -2.06. The van der Waals surface area contributed by atoms with Crippen molar-refractivity contribution in [1.82, 2.24) is 0 Å². The molecule has 16 heavy (non-hydrogen) atoms. The number of allylic oxidation sites excluding steroid dienone is 2. The lowest BCUT2D eigenvalue weighted by molar-refractivity contribution is -0.133. The number of ether oxygens (including phenoxy) is 1. The second-order valence-corrected chi connectivity index (χ2v) is 4.53. The number of esters is 1. The van der Waals surface area contributed by atoms with Crippen LogP contribution in [-0.4, -0.2) is 12.1 Å². The Morgan fingerprint density at radius 2 is 2.19 bits per heavy atom. The Morgan fingerprint density at radius 1 is 1.50 bits per heavy atom. The van der Waals surface area contributed by atoms with Crippen molar-refractivity contribution >= 4 is 21.9 Å². The summed E-state index contributed by atoms with van der Waals surface area (Å²) in [5.41, 5.74) is 0.129. The number of carbonyl (C=O) groups is 1. The SMILES string of the molecule is C/C=C1\OC(=O)C(C(F)CCCCC)=C1Br. The minimum Gasteiger partial charge on any atom is -0.422 e. The van der Waals surface area contributed by atoms with Gasteiger partial charge >= 0.3 is 5.97 Å². The van der Waals surface area contributed by atoms with Gasteiger partial charge in [0.2, 0.25) is 0 Å². The molecule has 0 spiro atoms. The Kier molecular flexibility index (Phi) is 5.19. The van der Waals surface area contributed by atoms with E-state index in [0.717, 1.165) is 19.3 Å². The second kappa shape index (κ2) is 6.18. The Bertz CT molecular complexity index is 334. The molecule has 1 aliphatic rings. The molecule has 0 amide bonds. The van der Waals surface area contributed by atoms with Crippen LogP contribution in [0.15, 0.2) is 21.9 Å². The summed E-state index contributed by atoms with van der Waals surface area (Å²) in [5.74, 6) is -0.151. The van der Waals surface area contributed by atoms with Gasteiger partial charge < -0.3 is 4.74 Å². The first-order valence-corrected chi connectivity index (χ1v) is 6.33. The number of alkyl halides is 1. The number of hydrogen-bond acceptors (Lipinski definition) is 2. The van der Waals surface area contributed by atoms with E-state index in [1.807, 2.05) is 0 Å². The van der Waals surface area contributed by atoms with Crippen molar-refractivity contribution in [3.05, 3.63) is 21.9 Å². The summed E-state index contributed by atoms with van der Waals surface area (Å²) >= 11 is 3.21. The van der Waals surface area contributed by atoms with E-state index >= 15 is 0 Å². The van der Waals surface area contributed by atoms with Crippen LogP contribution in [0.4, 0.5) is 4.39 Å². The molecule has 0 fully saturated rings. The molecule has 0 saturated heterocycles. The molecule has 0 aromatic rings. The normalized spacial score (nSPS) is 20.5. The molecule has 2 nitrogen and oxygen atoms in total. The monoisotopic (exact) mass is 290 g/mol. The average Bonchev–Trinajstić information content (AvgIpc) is 2.54. The van der Waals surface area contributed by atoms with Gasteiger partial charge in [-0.2, -0.15) is 0 Å². The third kappa shape index (κ3) is 2.94. The molecule has 0 aromatic carbocycles. The summed E-state index contributed by atoms with van der Waals surface area (Å²) in [6.45, 7) is 3.81. The molecule has 1 aliphatic heterocycles. The van der Waals surface area contributed by atoms with Gasteiger partial charge in [-0.3, -0.25) is 0 Å². The van der Waals surface area contributed by atoms with Crippen LogP contribution in [0.1, 0.15) is 39.5 Å². The van der Waals surface area contributed by atoms with E-state index in [4.69, 9.17) is 4.74 Å². The molecule has 0 aliphatic carbocycles. The largest absolute Gasteiger partial charge is 0.422 e. The standard InChI is InChI=1S/C12H16BrFO2/c1-3-5-6-7-8(14)10-11(13)9(4-2)16-12(10)15/h4,8H,3,5-7H2,1-2H3/b9-4-. The Hall–Kier alpha value is -0.640. The van der Waals surface area contributed by atoms with Crippen LogP contribution in [-0.2, 0) is 9.53 Å². The molecule has 0 radical (unpaired) electrons. The van der Waals surface area contributed by atoms with Crippen LogP contribution in [0.3, 0.4) is 0 Å². The fourth-order valence-electron chi connectivity index (χ4n) is 1.59. The first kappa shape index (κ1) is 13.4. The summed E-state index contributed by atoms with van der Waals surface area (Å²) in [5, 5.41) is 0. The zero-order valence-corrected chi connectivity index (χ0v) is 11.1. The van der Waals surface area contributed by atoms with Gasteiger partial charge in [0, 0.05) is 0 Å². The smallest absolute Gasteiger partial charge is 0.343 e. The minimum absolute atomic E-state index is 0.129. The predicted molar refractivity (Wildman–Crippen MR) is 64.8 cm³/mol. The minimum atomic E-state index is -1.23. The van der Waals surface area contributed by atoms with Crippen LogP contribution in [0.2, 0.25) is 0 Å². The number of carbonyl (C=O) groups excluding carboxylic acids is 1. The van der Waals surface area contributed by atoms with Gasteiger partial charge in [-0.05, 0) is 35.4 Å². The Labute approximate surface area is 104 Å². The first-order chi connectivity index (χ1) is 7.61. The van der Waals surface area contributed by atoms with E-state index in [1.54, 1.807) is 13.0 Å². The van der Waals surface area contributed by atoms with Gasteiger partial charge in [-0.25, -0.2) is 9.18 Å². The van der Waals surface area contributed by atoms with Crippen molar-refractivity contribution < 1.29 is 13.9 Å². The van der Waals surface area contributed by atoms with Crippen LogP contribution >= 0.6 is 15.9 Å². The van der Waals surface area contributed by atoms with Gasteiger partial charge in [0.15, 0.2) is 0 Å². The average molecular weight is 291 g/mol. The van der Waals surface area contributed by atoms with Crippen molar-refractivity contribution in [3.63, 3.8) is 0 Å². The fourth-order valence-corrected chi connectivity index (χ4v) is 2.31. The van der Waals surface area contributed by atoms with E-state index in [-0.39, 0.29) is 5.57 Å². The third-order valence-electron chi connectivity index (χ3n) is 2.51. The van der Waals surface area contributed by atoms with Gasteiger partial charge in [0.05, 0.1) is 10.1 Å². The molecule has 1 heterocycles. The highest BCUT2D eigenvalue weighted by Gasteiger charge is 2.33. The van der Waals surface area contributed by atoms with Gasteiger partial charge in [-0.1, -0.05) is 26.2 Å². The highest BCUT2D eigenvalue weighted by atomic mass is 79.9. The van der Waals surface area contributed by atoms with Crippen LogP contribution in [0.25, 0.3) is 0 Å². The predicted octanol–water partition coefficient (Wildman–Crippen LogP) is 4.01. The highest BCUT2D eigenvalue weighted by molar-refractivity contribution is 9.12. The van der Waals surface area contributed by atoms with Crippen molar-refractivity contribution in [1.29, 1.82) is 0 Å². The topological polar surface area (TPSA) is 26.3 Å². The lowest BCUT2D eigenvalue weighted by atomic mass is 10.0. The number of rotatable bonds is 5. The summed E-state index contributed by atoms with van der Waals surface area (Å²) in [4.78, 5) is 11.4. The van der Waals surface area contributed by atoms with Gasteiger partial charge in [-0.15, -0.1) is 0 Å². The Morgan fingerprint density at radius 3 is 2.69 bits per heavy atom. The lowest BCUT2D eigenvalue weighted by Crippen LogP contribution is -2.12. The molecule has 0 saturated carbocycles. The summed E-state index contributed by atoms with van der Waals surface area (Å²) < 4.78 is 19.2. The molecule has 0 bridgehead atoms. The van der Waals surface area contributed by atoms with Crippen LogP contribution < -0.4 is 0 Å². The number of cyclic esters (lactones) is 1. The zero-order chi connectivity index (χ0) is 12.1. The molecule has 1 unspecified atom stereocenters. The molecular weight excluding hydrogens is 275 g/mol. The maximum absolute atomic E-state index is 13.8. The van der Waals surface area contributed by atoms with Crippen molar-refractivity contribution in [2.24, 2.45) is 0 Å². The molecule has 0 N–H and O–H groups in total. The van der Waals surface area contributed by atoms with Crippen LogP contribution in [0.5, 0.6) is 0 Å². The van der Waals surface area contributed by atoms with E-state index in [0.29, 0.717) is 16.7 Å². The molecule has 1 rings (SSSR count). The van der Waals surface area contributed by atoms with E-state index < -0.39 is 12.1 Å². The van der Waals surface area contributed by atoms with Crippen molar-refractivity contribution in [2.45, 2.75) is 45.7 Å². The maximum Gasteiger partial charge on any atom is 0.343 e. The maximum atomic E-state index is 13.8. The first-order valence-electron chi connectivity index (χ1n) is 5.54. The van der Waals surface area contributed by atoms with Crippen LogP contribution in [0, 0.1) is 0 Å². The molecule has 4 heteroatoms. The summed E-state index contributed by atoms with van der Waals surface area (Å²) in [7, 11) is 0. The number of hydrogen-bond donors (Lipinski definition) is 0.